The van der Waals surface area contributed by atoms with Gasteiger partial charge in [-0.25, -0.2) is 4.90 Å². The summed E-state index contributed by atoms with van der Waals surface area (Å²) >= 11 is 6.03. The number of fused-ring (bicyclic) bond motifs is 4. The lowest BCUT2D eigenvalue weighted by Crippen LogP contribution is -2.49. The number of aromatic hydroxyl groups is 1. The Hall–Kier alpha value is -4.64. The fourth-order valence-corrected chi connectivity index (χ4v) is 8.11. The molecule has 12 heteroatoms. The molecule has 0 bridgehead atoms. The maximum Gasteiger partial charge on any atom is 0.573 e. The summed E-state index contributed by atoms with van der Waals surface area (Å²) in [6, 6.07) is 17.5. The zero-order chi connectivity index (χ0) is 32.7. The average molecular weight is 651 g/mol. The summed E-state index contributed by atoms with van der Waals surface area (Å²) in [7, 11) is 0. The minimum absolute atomic E-state index is 0.0425. The second kappa shape index (κ2) is 10.4. The van der Waals surface area contributed by atoms with Crippen LogP contribution in [0.15, 0.2) is 84.4 Å². The Labute approximate surface area is 266 Å². The molecule has 6 atom stereocenters. The molecule has 2 aliphatic carbocycles. The molecule has 3 aromatic rings. The van der Waals surface area contributed by atoms with Gasteiger partial charge in [-0.2, -0.15) is 0 Å². The molecule has 4 aliphatic rings. The van der Waals surface area contributed by atoms with E-state index >= 15 is 0 Å². The lowest BCUT2D eigenvalue weighted by atomic mass is 9.51. The average Bonchev–Trinajstić information content (AvgIpc) is 3.38. The van der Waals surface area contributed by atoms with Crippen molar-refractivity contribution in [2.75, 3.05) is 9.80 Å². The monoisotopic (exact) mass is 650 g/mol. The molecular formula is C34H26ClF3N2O6. The van der Waals surface area contributed by atoms with Crippen molar-refractivity contribution in [1.29, 1.82) is 0 Å². The van der Waals surface area contributed by atoms with Crippen molar-refractivity contribution in [3.63, 3.8) is 0 Å². The number of nitrogens with zero attached hydrogens (tertiary/aromatic N) is 2. The molecule has 1 saturated carbocycles. The number of alkyl halides is 3. The van der Waals surface area contributed by atoms with E-state index in [1.807, 2.05) is 0 Å². The van der Waals surface area contributed by atoms with Crippen LogP contribution in [0.2, 0.25) is 5.02 Å². The fraction of sp³-hybridized carbons (Fsp3) is 0.294. The van der Waals surface area contributed by atoms with Gasteiger partial charge in [-0.1, -0.05) is 41.4 Å². The number of carbonyl (C=O) groups is 4. The predicted molar refractivity (Wildman–Crippen MR) is 160 cm³/mol. The van der Waals surface area contributed by atoms with Crippen LogP contribution in [0.25, 0.3) is 0 Å². The Morgan fingerprint density at radius 2 is 1.54 bits per heavy atom. The molecule has 2 aliphatic heterocycles. The van der Waals surface area contributed by atoms with Crippen LogP contribution in [-0.4, -0.2) is 35.1 Å². The summed E-state index contributed by atoms with van der Waals surface area (Å²) in [5.41, 5.74) is -0.441. The van der Waals surface area contributed by atoms with Crippen LogP contribution in [0.1, 0.15) is 31.2 Å². The van der Waals surface area contributed by atoms with Gasteiger partial charge < -0.3 is 9.84 Å². The first-order chi connectivity index (χ1) is 21.8. The zero-order valence-corrected chi connectivity index (χ0v) is 25.0. The minimum Gasteiger partial charge on any atom is -0.508 e. The van der Waals surface area contributed by atoms with Crippen molar-refractivity contribution in [2.24, 2.45) is 29.1 Å². The molecule has 46 heavy (non-hydrogen) atoms. The largest absolute Gasteiger partial charge is 0.573 e. The highest BCUT2D eigenvalue weighted by Crippen LogP contribution is 2.64. The number of rotatable bonds is 4. The van der Waals surface area contributed by atoms with Gasteiger partial charge in [0.1, 0.15) is 11.5 Å². The standard InChI is InChI=1S/C34H26ClF3N2O6/c1-33-25(30(43)40(32(33)45)18-5-3-2-4-6-18)16-23-21(28(33)24-15-20(11-14-26(24)41)46-34(36,37)38)12-13-22-27(23)31(44)39(29(22)42)19-9-7-17(35)8-10-19/h2-12,14-15,22-23,25,27-28,41H,13,16H2,1H3. The highest BCUT2D eigenvalue weighted by molar-refractivity contribution is 6.31. The first kappa shape index (κ1) is 30.0. The number of benzene rings is 3. The predicted octanol–water partition coefficient (Wildman–Crippen LogP) is 6.38. The normalized spacial score (nSPS) is 29.0. The van der Waals surface area contributed by atoms with E-state index in [0.717, 1.165) is 28.0 Å². The summed E-state index contributed by atoms with van der Waals surface area (Å²) in [5.74, 6) is -7.56. The van der Waals surface area contributed by atoms with E-state index in [2.05, 4.69) is 4.74 Å². The Bertz CT molecular complexity index is 1830. The molecule has 6 unspecified atom stereocenters. The van der Waals surface area contributed by atoms with Gasteiger partial charge in [0, 0.05) is 16.5 Å². The van der Waals surface area contributed by atoms with Crippen molar-refractivity contribution in [1.82, 2.24) is 0 Å². The molecule has 236 valence electrons. The molecule has 0 spiro atoms. The lowest BCUT2D eigenvalue weighted by molar-refractivity contribution is -0.274. The minimum atomic E-state index is -5.03. The Morgan fingerprint density at radius 3 is 2.22 bits per heavy atom. The molecule has 2 saturated heterocycles. The number of imide groups is 2. The maximum atomic E-state index is 14.4. The van der Waals surface area contributed by atoms with Crippen molar-refractivity contribution in [3.05, 3.63) is 95.0 Å². The topological polar surface area (TPSA) is 104 Å². The van der Waals surface area contributed by atoms with Gasteiger partial charge in [0.15, 0.2) is 0 Å². The summed E-state index contributed by atoms with van der Waals surface area (Å²) in [5, 5.41) is 11.5. The van der Waals surface area contributed by atoms with E-state index in [4.69, 9.17) is 11.6 Å². The van der Waals surface area contributed by atoms with Crippen molar-refractivity contribution in [3.8, 4) is 11.5 Å². The molecule has 8 nitrogen and oxygen atoms in total. The van der Waals surface area contributed by atoms with E-state index in [1.165, 1.54) is 0 Å². The highest BCUT2D eigenvalue weighted by Gasteiger charge is 2.68. The molecule has 0 aromatic heterocycles. The molecule has 0 radical (unpaired) electrons. The van der Waals surface area contributed by atoms with Crippen LogP contribution in [0.3, 0.4) is 0 Å². The third kappa shape index (κ3) is 4.43. The number of carbonyl (C=O) groups excluding carboxylic acids is 4. The quantitative estimate of drug-likeness (QED) is 0.260. The van der Waals surface area contributed by atoms with Crippen LogP contribution in [0, 0.1) is 29.1 Å². The zero-order valence-electron chi connectivity index (χ0n) is 24.2. The van der Waals surface area contributed by atoms with Gasteiger partial charge in [0.05, 0.1) is 34.5 Å². The van der Waals surface area contributed by atoms with Gasteiger partial charge >= 0.3 is 6.36 Å². The van der Waals surface area contributed by atoms with Crippen LogP contribution in [-0.2, 0) is 19.2 Å². The van der Waals surface area contributed by atoms with Gasteiger partial charge in [0.2, 0.25) is 23.6 Å². The van der Waals surface area contributed by atoms with Crippen molar-refractivity contribution >= 4 is 46.6 Å². The highest BCUT2D eigenvalue weighted by atomic mass is 35.5. The van der Waals surface area contributed by atoms with Crippen LogP contribution < -0.4 is 14.5 Å². The molecule has 3 fully saturated rings. The van der Waals surface area contributed by atoms with Gasteiger partial charge in [-0.3, -0.25) is 24.1 Å². The summed E-state index contributed by atoms with van der Waals surface area (Å²) < 4.78 is 44.0. The van der Waals surface area contributed by atoms with E-state index in [0.29, 0.717) is 22.0 Å². The third-order valence-corrected chi connectivity index (χ3v) is 10.2. The first-order valence-electron chi connectivity index (χ1n) is 14.7. The summed E-state index contributed by atoms with van der Waals surface area (Å²) in [6.07, 6.45) is -3.13. The third-order valence-electron chi connectivity index (χ3n) is 9.92. The number of para-hydroxylation sites is 1. The molecular weight excluding hydrogens is 625 g/mol. The number of amides is 4. The number of hydrogen-bond acceptors (Lipinski definition) is 6. The second-order valence-electron chi connectivity index (χ2n) is 12.3. The van der Waals surface area contributed by atoms with Crippen LogP contribution in [0.4, 0.5) is 24.5 Å². The number of phenols is 1. The van der Waals surface area contributed by atoms with Gasteiger partial charge in [-0.15, -0.1) is 13.2 Å². The molecule has 3 aromatic carbocycles. The van der Waals surface area contributed by atoms with Gasteiger partial charge in [-0.05, 0) is 80.3 Å². The smallest absolute Gasteiger partial charge is 0.508 e. The Balaban J connectivity index is 1.38. The first-order valence-corrected chi connectivity index (χ1v) is 15.0. The number of phenolic OH excluding ortho intramolecular Hbond substituents is 1. The summed E-state index contributed by atoms with van der Waals surface area (Å²) in [4.78, 5) is 58.6. The van der Waals surface area contributed by atoms with E-state index in [1.54, 1.807) is 67.6 Å². The van der Waals surface area contributed by atoms with E-state index < -0.39 is 76.5 Å². The summed E-state index contributed by atoms with van der Waals surface area (Å²) in [6.45, 7) is 1.58. The Kier molecular flexibility index (Phi) is 6.82. The maximum absolute atomic E-state index is 14.4. The lowest BCUT2D eigenvalue weighted by Gasteiger charge is -2.49. The molecule has 1 N–H and O–H groups in total. The van der Waals surface area contributed by atoms with E-state index in [9.17, 15) is 37.5 Å². The van der Waals surface area contributed by atoms with Crippen molar-refractivity contribution in [2.45, 2.75) is 32.0 Å². The van der Waals surface area contributed by atoms with Crippen LogP contribution >= 0.6 is 11.6 Å². The van der Waals surface area contributed by atoms with Crippen LogP contribution in [0.5, 0.6) is 11.5 Å². The number of halogens is 4. The van der Waals surface area contributed by atoms with Gasteiger partial charge in [0.25, 0.3) is 0 Å². The number of hydrogen-bond donors (Lipinski definition) is 1. The second-order valence-corrected chi connectivity index (χ2v) is 12.7. The van der Waals surface area contributed by atoms with E-state index in [-0.39, 0.29) is 18.4 Å². The SMILES string of the molecule is CC12C(=O)N(c3ccccc3)C(=O)C1CC1C(=CCC3C(=O)N(c4ccc(Cl)cc4)C(=O)C31)C2c1cc(OC(F)(F)F)ccc1O. The molecule has 2 heterocycles. The van der Waals surface area contributed by atoms with Crippen molar-refractivity contribution < 1.29 is 42.2 Å². The molecule has 4 amide bonds. The molecule has 7 rings (SSSR count). The Morgan fingerprint density at radius 1 is 0.870 bits per heavy atom. The fourth-order valence-electron chi connectivity index (χ4n) is 7.99. The number of anilines is 2. The number of ether oxygens (including phenoxy) is 1. The number of allylic oxidation sites excluding steroid dienone is 2.